The second-order valence-corrected chi connectivity index (χ2v) is 6.27. The number of ketones is 1. The Kier molecular flexibility index (Phi) is 6.07. The van der Waals surface area contributed by atoms with Gasteiger partial charge in [0.05, 0.1) is 12.7 Å². The summed E-state index contributed by atoms with van der Waals surface area (Å²) in [7, 11) is 0.327. The molecular weight excluding hydrogens is 283 g/mol. The highest BCUT2D eigenvalue weighted by Gasteiger charge is 2.26. The second-order valence-electron chi connectivity index (χ2n) is 4.00. The van der Waals surface area contributed by atoms with Crippen LogP contribution >= 0.6 is 7.60 Å². The van der Waals surface area contributed by atoms with E-state index in [0.29, 0.717) is 11.1 Å². The Labute approximate surface area is 117 Å². The van der Waals surface area contributed by atoms with Gasteiger partial charge in [0.15, 0.2) is 0 Å². The molecule has 0 bridgehead atoms. The lowest BCUT2D eigenvalue weighted by molar-refractivity contribution is -0.116. The van der Waals surface area contributed by atoms with E-state index in [1.54, 1.807) is 24.3 Å². The molecule has 7 heteroatoms. The smallest absolute Gasteiger partial charge is 0.338 e. The summed E-state index contributed by atoms with van der Waals surface area (Å²) in [6.45, 7) is 0. The number of benzene rings is 1. The van der Waals surface area contributed by atoms with E-state index in [-0.39, 0.29) is 18.4 Å². The van der Waals surface area contributed by atoms with Gasteiger partial charge in [-0.2, -0.15) is 0 Å². The van der Waals surface area contributed by atoms with E-state index in [0.717, 1.165) is 0 Å². The van der Waals surface area contributed by atoms with Gasteiger partial charge in [-0.1, -0.05) is 18.2 Å². The summed E-state index contributed by atoms with van der Waals surface area (Å²) in [6.07, 6.45) is -0.377. The molecule has 0 N–H and O–H groups in total. The first-order valence-electron chi connectivity index (χ1n) is 5.84. The SMILES string of the molecule is COC(=O)c1ccccc1CC(=O)CP(=O)(OC)OC. The number of hydrogen-bond donors (Lipinski definition) is 0. The minimum Gasteiger partial charge on any atom is -0.465 e. The van der Waals surface area contributed by atoms with Crippen LogP contribution < -0.4 is 0 Å². The van der Waals surface area contributed by atoms with Crippen molar-refractivity contribution in [1.82, 2.24) is 0 Å². The van der Waals surface area contributed by atoms with Crippen molar-refractivity contribution in [3.05, 3.63) is 35.4 Å². The molecule has 1 aromatic carbocycles. The maximum Gasteiger partial charge on any atom is 0.338 e. The van der Waals surface area contributed by atoms with Crippen molar-refractivity contribution in [1.29, 1.82) is 0 Å². The first-order valence-corrected chi connectivity index (χ1v) is 7.57. The monoisotopic (exact) mass is 300 g/mol. The fourth-order valence-electron chi connectivity index (χ4n) is 1.67. The van der Waals surface area contributed by atoms with Crippen LogP contribution in [0, 0.1) is 0 Å². The summed E-state index contributed by atoms with van der Waals surface area (Å²) in [5.74, 6) is -0.858. The van der Waals surface area contributed by atoms with E-state index in [1.807, 2.05) is 0 Å². The quantitative estimate of drug-likeness (QED) is 0.566. The van der Waals surface area contributed by atoms with Crippen molar-refractivity contribution in [2.45, 2.75) is 6.42 Å². The number of Topliss-reactive ketones (excluding diaryl/α,β-unsaturated/α-hetero) is 1. The van der Waals surface area contributed by atoms with E-state index >= 15 is 0 Å². The number of esters is 1. The summed E-state index contributed by atoms with van der Waals surface area (Å²) in [5.41, 5.74) is 0.830. The number of rotatable bonds is 7. The van der Waals surface area contributed by atoms with Gasteiger partial charge in [0, 0.05) is 20.6 Å². The average molecular weight is 300 g/mol. The molecule has 0 atom stereocenters. The highest BCUT2D eigenvalue weighted by molar-refractivity contribution is 7.54. The molecule has 0 aliphatic heterocycles. The Balaban J connectivity index is 2.86. The summed E-state index contributed by atoms with van der Waals surface area (Å²) in [4.78, 5) is 23.5. The van der Waals surface area contributed by atoms with Gasteiger partial charge in [-0.15, -0.1) is 0 Å². The first kappa shape index (κ1) is 16.6. The van der Waals surface area contributed by atoms with Crippen molar-refractivity contribution >= 4 is 19.3 Å². The van der Waals surface area contributed by atoms with Crippen LogP contribution in [0.3, 0.4) is 0 Å². The van der Waals surface area contributed by atoms with Gasteiger partial charge >= 0.3 is 13.6 Å². The molecule has 0 aliphatic rings. The number of methoxy groups -OCH3 is 1. The third-order valence-electron chi connectivity index (χ3n) is 2.74. The third-order valence-corrected chi connectivity index (χ3v) is 4.59. The maximum absolute atomic E-state index is 11.9. The molecule has 0 saturated heterocycles. The fourth-order valence-corrected chi connectivity index (χ4v) is 2.62. The van der Waals surface area contributed by atoms with Crippen LogP contribution in [0.2, 0.25) is 0 Å². The highest BCUT2D eigenvalue weighted by Crippen LogP contribution is 2.46. The largest absolute Gasteiger partial charge is 0.465 e. The zero-order valence-corrected chi connectivity index (χ0v) is 12.5. The van der Waals surface area contributed by atoms with Crippen LogP contribution in [0.5, 0.6) is 0 Å². The van der Waals surface area contributed by atoms with Gasteiger partial charge in [0.1, 0.15) is 11.9 Å². The molecular formula is C13H17O6P. The van der Waals surface area contributed by atoms with Crippen LogP contribution in [-0.2, 0) is 29.6 Å². The Hall–Kier alpha value is -1.49. The number of carbonyl (C=O) groups excluding carboxylic acids is 2. The molecule has 0 unspecified atom stereocenters. The highest BCUT2D eigenvalue weighted by atomic mass is 31.2. The molecule has 110 valence electrons. The van der Waals surface area contributed by atoms with Crippen molar-refractivity contribution in [3.8, 4) is 0 Å². The zero-order chi connectivity index (χ0) is 15.2. The van der Waals surface area contributed by atoms with Crippen LogP contribution in [0.1, 0.15) is 15.9 Å². The van der Waals surface area contributed by atoms with Gasteiger partial charge in [-0.3, -0.25) is 9.36 Å². The minimum absolute atomic E-state index is 0.0397. The molecule has 0 saturated carbocycles. The molecule has 0 aliphatic carbocycles. The van der Waals surface area contributed by atoms with Crippen molar-refractivity contribution in [2.75, 3.05) is 27.5 Å². The maximum atomic E-state index is 11.9. The standard InChI is InChI=1S/C13H17O6P/c1-17-13(15)12-7-5-4-6-10(12)8-11(14)9-20(16,18-2)19-3/h4-7H,8-9H2,1-3H3. The average Bonchev–Trinajstić information content (AvgIpc) is 2.46. The lowest BCUT2D eigenvalue weighted by atomic mass is 10.0. The van der Waals surface area contributed by atoms with Gasteiger partial charge in [-0.05, 0) is 11.6 Å². The number of carbonyl (C=O) groups is 2. The predicted octanol–water partition coefficient (Wildman–Crippen LogP) is 2.07. The van der Waals surface area contributed by atoms with Gasteiger partial charge in [0.25, 0.3) is 0 Å². The summed E-state index contributed by atoms with van der Waals surface area (Å²) >= 11 is 0. The Morgan fingerprint density at radius 3 is 2.25 bits per heavy atom. The Morgan fingerprint density at radius 1 is 1.10 bits per heavy atom. The summed E-state index contributed by atoms with van der Waals surface area (Å²) in [6, 6.07) is 6.60. The summed E-state index contributed by atoms with van der Waals surface area (Å²) in [5, 5.41) is 0. The Morgan fingerprint density at radius 2 is 1.70 bits per heavy atom. The second kappa shape index (κ2) is 7.33. The van der Waals surface area contributed by atoms with Gasteiger partial charge in [0.2, 0.25) is 0 Å². The van der Waals surface area contributed by atoms with E-state index in [4.69, 9.17) is 9.05 Å². The molecule has 0 amide bonds. The molecule has 1 aromatic rings. The molecule has 0 spiro atoms. The molecule has 0 aromatic heterocycles. The van der Waals surface area contributed by atoms with Crippen LogP contribution in [0.25, 0.3) is 0 Å². The van der Waals surface area contributed by atoms with Crippen LogP contribution in [-0.4, -0.2) is 39.2 Å². The van der Waals surface area contributed by atoms with Crippen molar-refractivity contribution < 1.29 is 27.9 Å². The minimum atomic E-state index is -3.39. The number of ether oxygens (including phenoxy) is 1. The van der Waals surface area contributed by atoms with E-state index in [1.165, 1.54) is 21.3 Å². The van der Waals surface area contributed by atoms with E-state index in [2.05, 4.69) is 4.74 Å². The lowest BCUT2D eigenvalue weighted by Gasteiger charge is -2.13. The van der Waals surface area contributed by atoms with E-state index in [9.17, 15) is 14.2 Å². The molecule has 0 radical (unpaired) electrons. The normalized spacial score (nSPS) is 11.2. The lowest BCUT2D eigenvalue weighted by Crippen LogP contribution is -2.14. The first-order chi connectivity index (χ1) is 9.45. The van der Waals surface area contributed by atoms with Gasteiger partial charge in [-0.25, -0.2) is 4.79 Å². The molecule has 1 rings (SSSR count). The van der Waals surface area contributed by atoms with Crippen LogP contribution in [0.15, 0.2) is 24.3 Å². The summed E-state index contributed by atoms with van der Waals surface area (Å²) < 4.78 is 25.9. The Bertz CT molecular complexity index is 531. The fraction of sp³-hybridized carbons (Fsp3) is 0.385. The molecule has 6 nitrogen and oxygen atoms in total. The third kappa shape index (κ3) is 4.27. The predicted molar refractivity (Wildman–Crippen MR) is 73.0 cm³/mol. The van der Waals surface area contributed by atoms with Crippen molar-refractivity contribution in [3.63, 3.8) is 0 Å². The van der Waals surface area contributed by atoms with Gasteiger partial charge < -0.3 is 13.8 Å². The molecule has 20 heavy (non-hydrogen) atoms. The topological polar surface area (TPSA) is 78.9 Å². The van der Waals surface area contributed by atoms with Crippen LogP contribution in [0.4, 0.5) is 0 Å². The number of hydrogen-bond acceptors (Lipinski definition) is 6. The molecule has 0 fully saturated rings. The zero-order valence-electron chi connectivity index (χ0n) is 11.6. The van der Waals surface area contributed by atoms with Crippen molar-refractivity contribution in [2.24, 2.45) is 0 Å². The van der Waals surface area contributed by atoms with E-state index < -0.39 is 13.6 Å². The molecule has 0 heterocycles.